The predicted molar refractivity (Wildman–Crippen MR) is 83.5 cm³/mol. The summed E-state index contributed by atoms with van der Waals surface area (Å²) >= 11 is 0. The Kier molecular flexibility index (Phi) is 7.56. The molecule has 25 heteroatoms. The Balaban J connectivity index is 3.98. The monoisotopic (exact) mass is 604 g/mol. The van der Waals surface area contributed by atoms with Gasteiger partial charge in [-0.05, 0) is 12.2 Å². The zero-order valence-corrected chi connectivity index (χ0v) is 18.0. The molecule has 0 radical (unpaired) electrons. The molecule has 0 spiro atoms. The van der Waals surface area contributed by atoms with Gasteiger partial charge in [0, 0.05) is 0 Å². The molecule has 0 heterocycles. The van der Waals surface area contributed by atoms with Gasteiger partial charge in [-0.2, -0.15) is 73.2 Å². The van der Waals surface area contributed by atoms with Crippen molar-refractivity contribution in [3.8, 4) is 0 Å². The van der Waals surface area contributed by atoms with Gasteiger partial charge < -0.3 is 4.18 Å². The molecule has 0 amide bonds. The van der Waals surface area contributed by atoms with Crippen LogP contribution in [-0.4, -0.2) is 65.8 Å². The molecular formula is C9H5F9O12S4. The van der Waals surface area contributed by atoms with Crippen molar-refractivity contribution in [2.45, 2.75) is 27.6 Å². The van der Waals surface area contributed by atoms with E-state index < -0.39 is 79.9 Å². The summed E-state index contributed by atoms with van der Waals surface area (Å²) in [4.78, 5) is -5.02. The molecule has 12 nitrogen and oxygen atoms in total. The molecular weight excluding hydrogens is 599 g/mol. The molecule has 0 aromatic rings. The van der Waals surface area contributed by atoms with E-state index in [0.29, 0.717) is 0 Å². The van der Waals surface area contributed by atoms with Crippen LogP contribution in [-0.2, 0) is 53.0 Å². The standard InChI is InChI=1S/C9H5F9O12S4/c10-7(11,12)32(22,23)28-4-2-1-3-6(31(19,20)21,30-34(26,27)9(16,17)18)5(4)29-33(24,25)8(13,14)15/h1-3,5H,(H,19,20,21). The third kappa shape index (κ3) is 5.76. The lowest BCUT2D eigenvalue weighted by molar-refractivity contribution is -0.0727. The summed E-state index contributed by atoms with van der Waals surface area (Å²) in [5.41, 5.74) is -19.7. The highest BCUT2D eigenvalue weighted by Crippen LogP contribution is 2.43. The Hall–Kier alpha value is -1.67. The smallest absolute Gasteiger partial charge is 0.377 e. The Labute approximate surface area is 182 Å². The van der Waals surface area contributed by atoms with E-state index in [1.54, 1.807) is 0 Å². The molecule has 0 aliphatic heterocycles. The van der Waals surface area contributed by atoms with Crippen LogP contribution < -0.4 is 0 Å². The lowest BCUT2D eigenvalue weighted by Gasteiger charge is -2.36. The van der Waals surface area contributed by atoms with Crippen LogP contribution in [0.15, 0.2) is 24.0 Å². The first-order valence-electron chi connectivity index (χ1n) is 7.00. The second-order valence-electron chi connectivity index (χ2n) is 5.47. The van der Waals surface area contributed by atoms with Crippen LogP contribution in [0, 0.1) is 0 Å². The molecule has 34 heavy (non-hydrogen) atoms. The SMILES string of the molecule is O=S(=O)(O)C1(OS(=O)(=O)C(F)(F)F)C=CC=C(OS(=O)(=O)C(F)(F)F)C1OS(=O)(=O)C(F)(F)F. The second kappa shape index (κ2) is 8.47. The fraction of sp³-hybridized carbons (Fsp3) is 0.556. The fourth-order valence-electron chi connectivity index (χ4n) is 1.75. The van der Waals surface area contributed by atoms with Gasteiger partial charge in [-0.25, -0.2) is 8.37 Å². The summed E-state index contributed by atoms with van der Waals surface area (Å²) in [6.07, 6.45) is -5.39. The van der Waals surface area contributed by atoms with Crippen LogP contribution in [0.2, 0.25) is 0 Å². The van der Waals surface area contributed by atoms with Crippen LogP contribution in [0.25, 0.3) is 0 Å². The maximum atomic E-state index is 12.7. The van der Waals surface area contributed by atoms with E-state index in [-0.39, 0.29) is 12.2 Å². The van der Waals surface area contributed by atoms with Gasteiger partial charge in [0.05, 0.1) is 0 Å². The van der Waals surface area contributed by atoms with Gasteiger partial charge in [-0.3, -0.25) is 4.55 Å². The molecule has 1 aliphatic carbocycles. The second-order valence-corrected chi connectivity index (χ2v) is 11.7. The van der Waals surface area contributed by atoms with Gasteiger partial charge in [0.1, 0.15) is 0 Å². The molecule has 1 aliphatic rings. The first kappa shape index (κ1) is 30.4. The van der Waals surface area contributed by atoms with E-state index in [0.717, 1.165) is 0 Å². The Morgan fingerprint density at radius 3 is 1.50 bits per heavy atom. The molecule has 2 unspecified atom stereocenters. The number of alkyl halides is 9. The van der Waals surface area contributed by atoms with E-state index in [2.05, 4.69) is 12.5 Å². The lowest BCUT2D eigenvalue weighted by atomic mass is 10.1. The third-order valence-electron chi connectivity index (χ3n) is 3.14. The highest BCUT2D eigenvalue weighted by molar-refractivity contribution is 7.91. The van der Waals surface area contributed by atoms with Crippen molar-refractivity contribution in [3.63, 3.8) is 0 Å². The zero-order chi connectivity index (χ0) is 27.4. The first-order chi connectivity index (χ1) is 14.6. The lowest BCUT2D eigenvalue weighted by Crippen LogP contribution is -2.57. The first-order valence-corrected chi connectivity index (χ1v) is 12.7. The molecule has 200 valence electrons. The van der Waals surface area contributed by atoms with Crippen molar-refractivity contribution < 1.29 is 90.3 Å². The van der Waals surface area contributed by atoms with E-state index in [9.17, 15) is 77.7 Å². The van der Waals surface area contributed by atoms with E-state index in [4.69, 9.17) is 0 Å². The minimum atomic E-state index is -7.36. The fourth-order valence-corrected chi connectivity index (χ4v) is 4.78. The van der Waals surface area contributed by atoms with Gasteiger partial charge >= 0.3 is 57.0 Å². The summed E-state index contributed by atoms with van der Waals surface area (Å²) in [7, 11) is -28.5. The quantitative estimate of drug-likeness (QED) is 0.188. The van der Waals surface area contributed by atoms with Crippen LogP contribution in [0.5, 0.6) is 0 Å². The van der Waals surface area contributed by atoms with Crippen molar-refractivity contribution >= 4 is 40.5 Å². The minimum absolute atomic E-state index is 0.180. The summed E-state index contributed by atoms with van der Waals surface area (Å²) in [6.45, 7) is 0. The summed E-state index contributed by atoms with van der Waals surface area (Å²) < 4.78 is 223. The highest BCUT2D eigenvalue weighted by atomic mass is 32.2. The van der Waals surface area contributed by atoms with Crippen LogP contribution in [0.1, 0.15) is 0 Å². The Morgan fingerprint density at radius 1 is 0.735 bits per heavy atom. The molecule has 0 saturated carbocycles. The van der Waals surface area contributed by atoms with E-state index >= 15 is 0 Å². The van der Waals surface area contributed by atoms with Gasteiger partial charge in [0.2, 0.25) is 0 Å². The molecule has 0 fully saturated rings. The van der Waals surface area contributed by atoms with Crippen molar-refractivity contribution in [1.82, 2.24) is 0 Å². The molecule has 1 rings (SSSR count). The Bertz CT molecular complexity index is 1300. The molecule has 0 saturated heterocycles. The molecule has 1 N–H and O–H groups in total. The average Bonchev–Trinajstić information content (AvgIpc) is 2.52. The van der Waals surface area contributed by atoms with Gasteiger partial charge in [0.25, 0.3) is 4.93 Å². The number of rotatable bonds is 7. The van der Waals surface area contributed by atoms with Crippen molar-refractivity contribution in [1.29, 1.82) is 0 Å². The molecule has 0 aromatic carbocycles. The highest BCUT2D eigenvalue weighted by Gasteiger charge is 2.65. The predicted octanol–water partition coefficient (Wildman–Crippen LogP) is 0.991. The van der Waals surface area contributed by atoms with Gasteiger partial charge in [-0.15, -0.1) is 0 Å². The van der Waals surface area contributed by atoms with Crippen molar-refractivity contribution in [2.75, 3.05) is 0 Å². The van der Waals surface area contributed by atoms with Crippen LogP contribution in [0.3, 0.4) is 0 Å². The maximum Gasteiger partial charge on any atom is 0.534 e. The van der Waals surface area contributed by atoms with Gasteiger partial charge in [0.15, 0.2) is 11.9 Å². The van der Waals surface area contributed by atoms with E-state index in [1.165, 1.54) is 0 Å². The number of hydrogen-bond acceptors (Lipinski definition) is 11. The normalized spacial score (nSPS) is 23.5. The third-order valence-corrected chi connectivity index (χ3v) is 7.53. The summed E-state index contributed by atoms with van der Waals surface area (Å²) in [5, 5.41) is 0. The maximum absolute atomic E-state index is 12.7. The van der Waals surface area contributed by atoms with Crippen molar-refractivity contribution in [2.24, 2.45) is 0 Å². The minimum Gasteiger partial charge on any atom is -0.377 e. The number of hydrogen-bond donors (Lipinski definition) is 1. The molecule has 0 aromatic heterocycles. The zero-order valence-electron chi connectivity index (χ0n) is 14.8. The molecule has 2 atom stereocenters. The van der Waals surface area contributed by atoms with Gasteiger partial charge in [-0.1, -0.05) is 6.08 Å². The number of halogens is 9. The Morgan fingerprint density at radius 2 is 1.15 bits per heavy atom. The average molecular weight is 604 g/mol. The number of allylic oxidation sites excluding steroid dienone is 2. The largest absolute Gasteiger partial charge is 0.534 e. The topological polar surface area (TPSA) is 184 Å². The summed E-state index contributed by atoms with van der Waals surface area (Å²) in [6, 6.07) is 0. The van der Waals surface area contributed by atoms with Crippen molar-refractivity contribution in [3.05, 3.63) is 24.0 Å². The summed E-state index contributed by atoms with van der Waals surface area (Å²) in [5.74, 6) is -2.53. The van der Waals surface area contributed by atoms with Crippen LogP contribution in [0.4, 0.5) is 39.5 Å². The molecule has 0 bridgehead atoms. The van der Waals surface area contributed by atoms with Crippen LogP contribution >= 0.6 is 0 Å². The van der Waals surface area contributed by atoms with E-state index in [1.807, 2.05) is 0 Å².